The molecule has 0 amide bonds. The van der Waals surface area contributed by atoms with E-state index in [0.717, 1.165) is 12.8 Å². The van der Waals surface area contributed by atoms with E-state index in [1.54, 1.807) is 0 Å². The highest BCUT2D eigenvalue weighted by atomic mass is 16.4. The minimum atomic E-state index is -0.709. The van der Waals surface area contributed by atoms with E-state index in [4.69, 9.17) is 5.11 Å². The second kappa shape index (κ2) is 10.4. The summed E-state index contributed by atoms with van der Waals surface area (Å²) in [6, 6.07) is 6.75. The Hall–Kier alpha value is -1.31. The van der Waals surface area contributed by atoms with Gasteiger partial charge in [0, 0.05) is 6.42 Å². The van der Waals surface area contributed by atoms with E-state index in [1.807, 2.05) is 0 Å². The summed E-state index contributed by atoms with van der Waals surface area (Å²) in [6.07, 6.45) is 10.6. The van der Waals surface area contributed by atoms with Crippen molar-refractivity contribution < 1.29 is 9.90 Å². The molecule has 2 heteroatoms. The third-order valence-corrected chi connectivity index (χ3v) is 3.88. The van der Waals surface area contributed by atoms with Gasteiger partial charge < -0.3 is 5.11 Å². The Morgan fingerprint density at radius 3 is 1.62 bits per heavy atom. The monoisotopic (exact) mass is 290 g/mol. The topological polar surface area (TPSA) is 37.3 Å². The fourth-order valence-corrected chi connectivity index (χ4v) is 2.68. The summed E-state index contributed by atoms with van der Waals surface area (Å²) in [5.41, 5.74) is 3.97. The number of benzene rings is 1. The first-order valence-corrected chi connectivity index (χ1v) is 8.49. The Morgan fingerprint density at radius 1 is 0.810 bits per heavy atom. The maximum atomic E-state index is 10.8. The van der Waals surface area contributed by atoms with Gasteiger partial charge in [0.05, 0.1) is 0 Å². The molecule has 0 unspecified atom stereocenters. The van der Waals surface area contributed by atoms with Crippen molar-refractivity contribution in [3.8, 4) is 0 Å². The molecule has 1 aromatic rings. The molecule has 118 valence electrons. The van der Waals surface area contributed by atoms with Crippen LogP contribution in [-0.2, 0) is 24.1 Å². The van der Waals surface area contributed by atoms with Crippen molar-refractivity contribution in [2.24, 2.45) is 0 Å². The maximum Gasteiger partial charge on any atom is 0.303 e. The van der Waals surface area contributed by atoms with Crippen LogP contribution in [0.3, 0.4) is 0 Å². The van der Waals surface area contributed by atoms with Crippen molar-refractivity contribution in [3.63, 3.8) is 0 Å². The summed E-state index contributed by atoms with van der Waals surface area (Å²) >= 11 is 0. The van der Waals surface area contributed by atoms with Crippen LogP contribution in [0.4, 0.5) is 0 Å². The number of hydrogen-bond acceptors (Lipinski definition) is 1. The largest absolute Gasteiger partial charge is 0.481 e. The molecule has 1 rings (SSSR count). The number of hydrogen-bond donors (Lipinski definition) is 1. The number of aliphatic carboxylic acids is 1. The molecule has 21 heavy (non-hydrogen) atoms. The fourth-order valence-electron chi connectivity index (χ4n) is 2.68. The standard InChI is InChI=1S/C19H30O2/c1-3-5-7-9-16-13-17(10-8-6-4-2)15-18(14-16)11-12-19(20)21/h13-15H,3-12H2,1-2H3,(H,20,21). The summed E-state index contributed by atoms with van der Waals surface area (Å²) in [5.74, 6) is -0.709. The minimum Gasteiger partial charge on any atom is -0.481 e. The second-order valence-electron chi connectivity index (χ2n) is 5.97. The van der Waals surface area contributed by atoms with E-state index in [0.29, 0.717) is 6.42 Å². The summed E-state index contributed by atoms with van der Waals surface area (Å²) in [7, 11) is 0. The van der Waals surface area contributed by atoms with Crippen LogP contribution < -0.4 is 0 Å². The molecular weight excluding hydrogens is 260 g/mol. The average molecular weight is 290 g/mol. The van der Waals surface area contributed by atoms with Crippen molar-refractivity contribution >= 4 is 5.97 Å². The molecule has 0 radical (unpaired) electrons. The van der Waals surface area contributed by atoms with Gasteiger partial charge in [-0.2, -0.15) is 0 Å². The van der Waals surface area contributed by atoms with Crippen LogP contribution in [0.1, 0.15) is 75.5 Å². The van der Waals surface area contributed by atoms with Crippen LogP contribution in [-0.4, -0.2) is 11.1 Å². The van der Waals surface area contributed by atoms with Gasteiger partial charge in [0.1, 0.15) is 0 Å². The second-order valence-corrected chi connectivity index (χ2v) is 5.97. The third-order valence-electron chi connectivity index (χ3n) is 3.88. The Bertz CT molecular complexity index is 395. The lowest BCUT2D eigenvalue weighted by Crippen LogP contribution is -2.00. The first kappa shape index (κ1) is 17.7. The zero-order valence-corrected chi connectivity index (χ0v) is 13.7. The first-order chi connectivity index (χ1) is 10.2. The molecule has 0 atom stereocenters. The van der Waals surface area contributed by atoms with Crippen LogP contribution in [0.25, 0.3) is 0 Å². The lowest BCUT2D eigenvalue weighted by Gasteiger charge is -2.10. The highest BCUT2D eigenvalue weighted by molar-refractivity contribution is 5.67. The number of unbranched alkanes of at least 4 members (excludes halogenated alkanes) is 4. The van der Waals surface area contributed by atoms with Crippen LogP contribution in [0.2, 0.25) is 0 Å². The van der Waals surface area contributed by atoms with Crippen LogP contribution in [0.15, 0.2) is 18.2 Å². The smallest absolute Gasteiger partial charge is 0.303 e. The number of carboxylic acid groups (broad SMARTS) is 1. The van der Waals surface area contributed by atoms with Gasteiger partial charge in [0.2, 0.25) is 0 Å². The highest BCUT2D eigenvalue weighted by Gasteiger charge is 2.04. The summed E-state index contributed by atoms with van der Waals surface area (Å²) in [6.45, 7) is 4.44. The molecule has 0 aliphatic rings. The van der Waals surface area contributed by atoms with Gasteiger partial charge in [0.25, 0.3) is 0 Å². The minimum absolute atomic E-state index is 0.229. The zero-order valence-electron chi connectivity index (χ0n) is 13.7. The Labute approximate surface area is 129 Å². The van der Waals surface area contributed by atoms with Crippen LogP contribution in [0, 0.1) is 0 Å². The number of carbonyl (C=O) groups is 1. The van der Waals surface area contributed by atoms with Gasteiger partial charge in [-0.1, -0.05) is 57.7 Å². The first-order valence-electron chi connectivity index (χ1n) is 8.49. The lowest BCUT2D eigenvalue weighted by atomic mass is 9.96. The van der Waals surface area contributed by atoms with Gasteiger partial charge in [-0.15, -0.1) is 0 Å². The molecule has 0 heterocycles. The van der Waals surface area contributed by atoms with E-state index in [2.05, 4.69) is 32.0 Å². The number of rotatable bonds is 11. The van der Waals surface area contributed by atoms with E-state index in [-0.39, 0.29) is 6.42 Å². The molecule has 1 N–H and O–H groups in total. The van der Waals surface area contributed by atoms with E-state index in [9.17, 15) is 4.79 Å². The molecular formula is C19H30O2. The predicted molar refractivity (Wildman–Crippen MR) is 88.9 cm³/mol. The lowest BCUT2D eigenvalue weighted by molar-refractivity contribution is -0.136. The molecule has 0 saturated carbocycles. The van der Waals surface area contributed by atoms with Gasteiger partial charge in [-0.05, 0) is 48.8 Å². The SMILES string of the molecule is CCCCCc1cc(CCCCC)cc(CCC(=O)O)c1. The van der Waals surface area contributed by atoms with Gasteiger partial charge in [0.15, 0.2) is 0 Å². The van der Waals surface area contributed by atoms with Crippen molar-refractivity contribution in [3.05, 3.63) is 34.9 Å². The molecule has 0 aromatic heterocycles. The van der Waals surface area contributed by atoms with Gasteiger partial charge >= 0.3 is 5.97 Å². The van der Waals surface area contributed by atoms with Crippen LogP contribution in [0.5, 0.6) is 0 Å². The van der Waals surface area contributed by atoms with Crippen molar-refractivity contribution in [2.45, 2.75) is 78.1 Å². The van der Waals surface area contributed by atoms with Crippen molar-refractivity contribution in [1.82, 2.24) is 0 Å². The Kier molecular flexibility index (Phi) is 8.80. The molecule has 0 spiro atoms. The maximum absolute atomic E-state index is 10.8. The van der Waals surface area contributed by atoms with Crippen LogP contribution >= 0.6 is 0 Å². The molecule has 0 bridgehead atoms. The molecule has 0 saturated heterocycles. The fraction of sp³-hybridized carbons (Fsp3) is 0.632. The molecule has 2 nitrogen and oxygen atoms in total. The predicted octanol–water partition coefficient (Wildman–Crippen LogP) is 5.17. The normalized spacial score (nSPS) is 10.8. The van der Waals surface area contributed by atoms with Crippen molar-refractivity contribution in [1.29, 1.82) is 0 Å². The zero-order chi connectivity index (χ0) is 15.5. The summed E-state index contributed by atoms with van der Waals surface area (Å²) in [4.78, 5) is 10.8. The number of carboxylic acids is 1. The Balaban J connectivity index is 2.72. The van der Waals surface area contributed by atoms with Gasteiger partial charge in [-0.25, -0.2) is 0 Å². The summed E-state index contributed by atoms with van der Waals surface area (Å²) in [5, 5.41) is 8.86. The number of aryl methyl sites for hydroxylation is 3. The summed E-state index contributed by atoms with van der Waals surface area (Å²) < 4.78 is 0. The van der Waals surface area contributed by atoms with Gasteiger partial charge in [-0.3, -0.25) is 4.79 Å². The molecule has 0 fully saturated rings. The third kappa shape index (κ3) is 7.89. The van der Waals surface area contributed by atoms with Crippen molar-refractivity contribution in [2.75, 3.05) is 0 Å². The van der Waals surface area contributed by atoms with E-state index >= 15 is 0 Å². The Morgan fingerprint density at radius 2 is 1.24 bits per heavy atom. The molecule has 0 aliphatic heterocycles. The van der Waals surface area contributed by atoms with E-state index in [1.165, 1.54) is 55.2 Å². The van der Waals surface area contributed by atoms with E-state index < -0.39 is 5.97 Å². The quantitative estimate of drug-likeness (QED) is 0.571. The molecule has 0 aliphatic carbocycles. The molecule has 1 aromatic carbocycles. The average Bonchev–Trinajstić information content (AvgIpc) is 2.46. The highest BCUT2D eigenvalue weighted by Crippen LogP contribution is 2.17.